The molecule has 33 heavy (non-hydrogen) atoms. The maximum Gasteiger partial charge on any atom is 0.351 e. The number of aromatic nitrogens is 2. The van der Waals surface area contributed by atoms with E-state index in [0.29, 0.717) is 5.75 Å². The number of carbonyl (C=O) groups excluding carboxylic acids is 1. The fourth-order valence-corrected chi connectivity index (χ4v) is 3.49. The van der Waals surface area contributed by atoms with Gasteiger partial charge in [0, 0.05) is 19.2 Å². The molecule has 172 valence electrons. The number of carbonyl (C=O) groups is 1. The molecule has 0 saturated carbocycles. The first-order valence-corrected chi connectivity index (χ1v) is 10.4. The summed E-state index contributed by atoms with van der Waals surface area (Å²) in [7, 11) is 0. The summed E-state index contributed by atoms with van der Waals surface area (Å²) in [5.74, 6) is 0.658. The van der Waals surface area contributed by atoms with E-state index in [9.17, 15) is 19.8 Å². The quantitative estimate of drug-likeness (QED) is 0.418. The molecule has 0 spiro atoms. The van der Waals surface area contributed by atoms with Crippen molar-refractivity contribution in [1.29, 1.82) is 0 Å². The highest BCUT2D eigenvalue weighted by molar-refractivity contribution is 5.97. The van der Waals surface area contributed by atoms with E-state index in [0.717, 1.165) is 15.9 Å². The lowest BCUT2D eigenvalue weighted by molar-refractivity contribution is -0.0459. The van der Waals surface area contributed by atoms with Gasteiger partial charge >= 0.3 is 5.69 Å². The Morgan fingerprint density at radius 1 is 1.18 bits per heavy atom. The molecule has 0 bridgehead atoms. The summed E-state index contributed by atoms with van der Waals surface area (Å²) >= 11 is 0. The molecule has 1 aromatic heterocycles. The van der Waals surface area contributed by atoms with E-state index in [1.54, 1.807) is 12.1 Å². The number of aliphatic hydroxyl groups excluding tert-OH is 2. The van der Waals surface area contributed by atoms with E-state index in [1.807, 2.05) is 42.5 Å². The van der Waals surface area contributed by atoms with Gasteiger partial charge in [-0.05, 0) is 29.8 Å². The molecule has 0 radical (unpaired) electrons. The number of benzene rings is 2. The SMILES string of the molecule is Nc1nc(=O)n([C@H]2C[C@H](O)[C@@H](CO)O2)cc1C(=O)NCc1ccc(Oc2ccccc2)cc1. The van der Waals surface area contributed by atoms with E-state index in [2.05, 4.69) is 10.3 Å². The van der Waals surface area contributed by atoms with Crippen LogP contribution in [0.25, 0.3) is 0 Å². The highest BCUT2D eigenvalue weighted by Gasteiger charge is 2.35. The number of rotatable bonds is 7. The number of hydrogen-bond acceptors (Lipinski definition) is 8. The van der Waals surface area contributed by atoms with E-state index in [1.165, 1.54) is 6.20 Å². The third kappa shape index (κ3) is 5.20. The molecular formula is C23H24N4O6. The second-order valence-corrected chi connectivity index (χ2v) is 7.59. The van der Waals surface area contributed by atoms with Crippen LogP contribution in [0.5, 0.6) is 11.5 Å². The van der Waals surface area contributed by atoms with Gasteiger partial charge in [-0.15, -0.1) is 0 Å². The van der Waals surface area contributed by atoms with Gasteiger partial charge < -0.3 is 30.7 Å². The fourth-order valence-electron chi connectivity index (χ4n) is 3.49. The molecule has 10 nitrogen and oxygen atoms in total. The standard InChI is InChI=1S/C23H24N4O6/c24-21-17(12-27(23(31)26-21)20-10-18(29)19(13-28)33-20)22(30)25-11-14-6-8-16(9-7-14)32-15-4-2-1-3-5-15/h1-9,12,18-20,28-29H,10-11,13H2,(H,25,30)(H2,24,26,31)/t18-,19+,20+/m0/s1. The molecule has 1 saturated heterocycles. The lowest BCUT2D eigenvalue weighted by atomic mass is 10.2. The summed E-state index contributed by atoms with van der Waals surface area (Å²) in [4.78, 5) is 28.7. The Morgan fingerprint density at radius 2 is 1.88 bits per heavy atom. The summed E-state index contributed by atoms with van der Waals surface area (Å²) in [6.07, 6.45) is -1.27. The van der Waals surface area contributed by atoms with Crippen LogP contribution < -0.4 is 21.5 Å². The van der Waals surface area contributed by atoms with Gasteiger partial charge in [0.25, 0.3) is 5.91 Å². The predicted molar refractivity (Wildman–Crippen MR) is 119 cm³/mol. The number of aliphatic hydroxyl groups is 2. The molecular weight excluding hydrogens is 428 g/mol. The average molecular weight is 452 g/mol. The molecule has 5 N–H and O–H groups in total. The van der Waals surface area contributed by atoms with E-state index < -0.39 is 36.6 Å². The summed E-state index contributed by atoms with van der Waals surface area (Å²) in [6, 6.07) is 16.6. The molecule has 1 amide bonds. The minimum atomic E-state index is -0.935. The Hall–Kier alpha value is -3.73. The highest BCUT2D eigenvalue weighted by Crippen LogP contribution is 2.28. The number of nitrogen functional groups attached to an aromatic ring is 1. The van der Waals surface area contributed by atoms with Crippen LogP contribution in [-0.2, 0) is 11.3 Å². The number of nitrogens with two attached hydrogens (primary N) is 1. The van der Waals surface area contributed by atoms with E-state index in [-0.39, 0.29) is 24.3 Å². The van der Waals surface area contributed by atoms with Gasteiger partial charge in [0.1, 0.15) is 29.6 Å². The summed E-state index contributed by atoms with van der Waals surface area (Å²) in [6.45, 7) is -0.175. The molecule has 0 unspecified atom stereocenters. The van der Waals surface area contributed by atoms with Gasteiger partial charge in [-0.1, -0.05) is 30.3 Å². The van der Waals surface area contributed by atoms with E-state index >= 15 is 0 Å². The second-order valence-electron chi connectivity index (χ2n) is 7.59. The minimum absolute atomic E-state index is 0.00386. The summed E-state index contributed by atoms with van der Waals surface area (Å²) in [5.41, 5.74) is 5.92. The first-order valence-electron chi connectivity index (χ1n) is 10.4. The van der Waals surface area contributed by atoms with Crippen LogP contribution >= 0.6 is 0 Å². The predicted octanol–water partition coefficient (Wildman–Crippen LogP) is 1.19. The Kier molecular flexibility index (Phi) is 6.68. The van der Waals surface area contributed by atoms with Crippen molar-refractivity contribution in [3.8, 4) is 11.5 Å². The number of para-hydroxylation sites is 1. The monoisotopic (exact) mass is 452 g/mol. The molecule has 3 aromatic rings. The number of amides is 1. The molecule has 0 aliphatic carbocycles. The molecule has 1 fully saturated rings. The van der Waals surface area contributed by atoms with Gasteiger partial charge in [-0.2, -0.15) is 4.98 Å². The molecule has 3 atom stereocenters. The minimum Gasteiger partial charge on any atom is -0.457 e. The third-order valence-electron chi connectivity index (χ3n) is 5.28. The number of nitrogens with one attached hydrogen (secondary N) is 1. The number of hydrogen-bond donors (Lipinski definition) is 4. The molecule has 4 rings (SSSR count). The van der Waals surface area contributed by atoms with Crippen molar-refractivity contribution in [2.75, 3.05) is 12.3 Å². The lowest BCUT2D eigenvalue weighted by Crippen LogP contribution is -2.32. The first kappa shape index (κ1) is 22.5. The topological polar surface area (TPSA) is 149 Å². The maximum atomic E-state index is 12.7. The molecule has 10 heteroatoms. The van der Waals surface area contributed by atoms with E-state index in [4.69, 9.17) is 15.2 Å². The highest BCUT2D eigenvalue weighted by atomic mass is 16.5. The normalized spacial score (nSPS) is 19.9. The zero-order chi connectivity index (χ0) is 23.4. The first-order chi connectivity index (χ1) is 15.9. The second kappa shape index (κ2) is 9.82. The van der Waals surface area contributed by atoms with Crippen LogP contribution in [0, 0.1) is 0 Å². The molecule has 1 aliphatic rings. The number of nitrogens with zero attached hydrogens (tertiary/aromatic N) is 2. The van der Waals surface area contributed by atoms with Gasteiger partial charge in [-0.3, -0.25) is 9.36 Å². The molecule has 1 aliphatic heterocycles. The lowest BCUT2D eigenvalue weighted by Gasteiger charge is -2.16. The van der Waals surface area contributed by atoms with Crippen molar-refractivity contribution >= 4 is 11.7 Å². The van der Waals surface area contributed by atoms with Crippen molar-refractivity contribution in [2.24, 2.45) is 0 Å². The van der Waals surface area contributed by atoms with Crippen molar-refractivity contribution in [1.82, 2.24) is 14.9 Å². The van der Waals surface area contributed by atoms with Crippen LogP contribution in [0.1, 0.15) is 28.6 Å². The third-order valence-corrected chi connectivity index (χ3v) is 5.28. The summed E-state index contributed by atoms with van der Waals surface area (Å²) in [5, 5.41) is 21.9. The Bertz CT molecular complexity index is 1170. The van der Waals surface area contributed by atoms with Gasteiger partial charge in [-0.25, -0.2) is 4.79 Å². The number of ether oxygens (including phenoxy) is 2. The van der Waals surface area contributed by atoms with Gasteiger partial charge in [0.2, 0.25) is 0 Å². The van der Waals surface area contributed by atoms with Crippen LogP contribution in [0.4, 0.5) is 5.82 Å². The van der Waals surface area contributed by atoms with Gasteiger partial charge in [0.05, 0.1) is 18.3 Å². The van der Waals surface area contributed by atoms with Crippen molar-refractivity contribution in [3.05, 3.63) is 82.4 Å². The van der Waals surface area contributed by atoms with Crippen LogP contribution in [0.3, 0.4) is 0 Å². The Labute approximate surface area is 189 Å². The molecule has 2 heterocycles. The van der Waals surface area contributed by atoms with Crippen molar-refractivity contribution in [3.63, 3.8) is 0 Å². The zero-order valence-corrected chi connectivity index (χ0v) is 17.6. The van der Waals surface area contributed by atoms with Crippen LogP contribution in [0.15, 0.2) is 65.6 Å². The molecule has 2 aromatic carbocycles. The maximum absolute atomic E-state index is 12.7. The van der Waals surface area contributed by atoms with Crippen LogP contribution in [-0.4, -0.2) is 44.5 Å². The largest absolute Gasteiger partial charge is 0.457 e. The van der Waals surface area contributed by atoms with Gasteiger partial charge in [0.15, 0.2) is 0 Å². The van der Waals surface area contributed by atoms with Crippen molar-refractivity contribution in [2.45, 2.75) is 31.4 Å². The summed E-state index contributed by atoms with van der Waals surface area (Å²) < 4.78 is 12.3. The van der Waals surface area contributed by atoms with Crippen molar-refractivity contribution < 1.29 is 24.5 Å². The smallest absolute Gasteiger partial charge is 0.351 e. The Morgan fingerprint density at radius 3 is 2.55 bits per heavy atom. The Balaban J connectivity index is 1.42. The van der Waals surface area contributed by atoms with Crippen LogP contribution in [0.2, 0.25) is 0 Å². The average Bonchev–Trinajstić information content (AvgIpc) is 3.19. The zero-order valence-electron chi connectivity index (χ0n) is 17.6. The number of anilines is 1. The fraction of sp³-hybridized carbons (Fsp3) is 0.261.